The van der Waals surface area contributed by atoms with Crippen molar-refractivity contribution in [3.63, 3.8) is 0 Å². The van der Waals surface area contributed by atoms with Crippen LogP contribution in [-0.4, -0.2) is 147 Å². The molecule has 0 bridgehead atoms. The Hall–Kier alpha value is -1.31. The van der Waals surface area contributed by atoms with Gasteiger partial charge in [0.15, 0.2) is 0 Å². The van der Waals surface area contributed by atoms with Gasteiger partial charge in [-0.1, -0.05) is 0 Å². The molecule has 1 aliphatic rings. The number of carboxylic acids is 2. The van der Waals surface area contributed by atoms with E-state index in [2.05, 4.69) is 4.99 Å². The van der Waals surface area contributed by atoms with Crippen molar-refractivity contribution in [2.24, 2.45) is 10.7 Å². The molecule has 0 radical (unpaired) electrons. The van der Waals surface area contributed by atoms with Crippen LogP contribution in [0.1, 0.15) is 25.7 Å². The van der Waals surface area contributed by atoms with E-state index in [0.29, 0.717) is 13.0 Å². The van der Waals surface area contributed by atoms with E-state index in [4.69, 9.17) is 15.9 Å². The molecule has 1 heterocycles. The first-order chi connectivity index (χ1) is 18.5. The second-order valence-electron chi connectivity index (χ2n) is 9.81. The molecule has 3 unspecified atom stereocenters. The lowest BCUT2D eigenvalue weighted by Crippen LogP contribution is -2.37. The standard InChI is InChI=1S/C21H42N5O11P3/c22-5-1-6-23-19(27)2-13-38(32,33)16-24-7-9-25(17-39(34,35)14-3-20(28)29)11-12-26(10-8-24)18-40(36,37)15-4-21(30)31/h6H,1-5,7-18,22H2,(H,28,29)(H,30,31)(H,32,33)(H,34,35)(H,36,37). The van der Waals surface area contributed by atoms with Crippen molar-refractivity contribution in [2.75, 3.05) is 83.2 Å². The van der Waals surface area contributed by atoms with Gasteiger partial charge in [-0.15, -0.1) is 0 Å². The van der Waals surface area contributed by atoms with E-state index in [1.165, 1.54) is 6.21 Å². The van der Waals surface area contributed by atoms with Gasteiger partial charge in [0.1, 0.15) is 0 Å². The van der Waals surface area contributed by atoms with Crippen LogP contribution in [0.5, 0.6) is 0 Å². The summed E-state index contributed by atoms with van der Waals surface area (Å²) in [4.78, 5) is 73.3. The molecular formula is C21H42N5O11P3. The molecule has 7 N–H and O–H groups in total. The molecule has 0 aromatic heterocycles. The molecule has 1 amide bonds. The largest absolute Gasteiger partial charge is 0.481 e. The average molecular weight is 634 g/mol. The summed E-state index contributed by atoms with van der Waals surface area (Å²) in [6, 6.07) is 0. The van der Waals surface area contributed by atoms with Gasteiger partial charge in [0, 0.05) is 70.4 Å². The van der Waals surface area contributed by atoms with Gasteiger partial charge in [0.25, 0.3) is 0 Å². The normalized spacial score (nSPS) is 21.0. The Morgan fingerprint density at radius 2 is 1.00 bits per heavy atom. The van der Waals surface area contributed by atoms with Gasteiger partial charge in [0.05, 0.1) is 31.7 Å². The number of nitrogens with zero attached hydrogens (tertiary/aromatic N) is 4. The Labute approximate surface area is 233 Å². The van der Waals surface area contributed by atoms with Crippen LogP contribution in [-0.2, 0) is 28.1 Å². The summed E-state index contributed by atoms with van der Waals surface area (Å²) in [6.07, 6.45) is -1.58. The highest BCUT2D eigenvalue weighted by molar-refractivity contribution is 7.58. The van der Waals surface area contributed by atoms with E-state index < -0.39 is 65.1 Å². The number of carbonyl (C=O) groups excluding carboxylic acids is 1. The van der Waals surface area contributed by atoms with Crippen LogP contribution in [0.4, 0.5) is 0 Å². The van der Waals surface area contributed by atoms with Crippen LogP contribution in [0.25, 0.3) is 0 Å². The zero-order chi connectivity index (χ0) is 30.4. The molecule has 40 heavy (non-hydrogen) atoms. The van der Waals surface area contributed by atoms with Crippen molar-refractivity contribution in [3.05, 3.63) is 0 Å². The molecule has 19 heteroatoms. The van der Waals surface area contributed by atoms with E-state index in [-0.39, 0.29) is 70.7 Å². The summed E-state index contributed by atoms with van der Waals surface area (Å²) in [5.41, 5.74) is 5.33. The van der Waals surface area contributed by atoms with Gasteiger partial charge in [0.2, 0.25) is 28.0 Å². The molecule has 0 aromatic rings. The molecular weight excluding hydrogens is 591 g/mol. The van der Waals surface area contributed by atoms with E-state index in [1.54, 1.807) is 14.7 Å². The van der Waals surface area contributed by atoms with E-state index in [9.17, 15) is 42.8 Å². The van der Waals surface area contributed by atoms with Crippen LogP contribution in [0.2, 0.25) is 0 Å². The number of carboxylic acid groups (broad SMARTS) is 2. The van der Waals surface area contributed by atoms with Crippen LogP contribution in [0.15, 0.2) is 4.99 Å². The molecule has 1 fully saturated rings. The van der Waals surface area contributed by atoms with Gasteiger partial charge in [-0.2, -0.15) is 0 Å². The van der Waals surface area contributed by atoms with Crippen LogP contribution in [0, 0.1) is 0 Å². The molecule has 3 atom stereocenters. The quantitative estimate of drug-likeness (QED) is 0.0902. The fourth-order valence-electron chi connectivity index (χ4n) is 3.87. The highest BCUT2D eigenvalue weighted by Gasteiger charge is 2.30. The number of rotatable bonds is 17. The highest BCUT2D eigenvalue weighted by Crippen LogP contribution is 2.44. The smallest absolute Gasteiger partial charge is 0.303 e. The van der Waals surface area contributed by atoms with Crippen LogP contribution >= 0.6 is 22.1 Å². The maximum Gasteiger partial charge on any atom is 0.303 e. The van der Waals surface area contributed by atoms with E-state index in [1.807, 2.05) is 0 Å². The van der Waals surface area contributed by atoms with Crippen molar-refractivity contribution in [3.8, 4) is 0 Å². The number of amides is 1. The SMILES string of the molecule is NCCC=NC(=O)CCP(=O)(O)CN1CCN(CP(=O)(O)CCC(=O)O)CCN(CP(=O)(O)CCC(=O)O)CC1. The predicted octanol–water partition coefficient (Wildman–Crippen LogP) is -0.125. The molecule has 16 nitrogen and oxygen atoms in total. The second-order valence-corrected chi connectivity index (χ2v) is 17.1. The minimum atomic E-state index is -3.86. The number of hydrogen-bond donors (Lipinski definition) is 6. The minimum absolute atomic E-state index is 0.191. The number of hydrogen-bond acceptors (Lipinski definition) is 10. The van der Waals surface area contributed by atoms with Crippen molar-refractivity contribution < 1.29 is 53.0 Å². The summed E-state index contributed by atoms with van der Waals surface area (Å²) < 4.78 is 38.2. The molecule has 0 spiro atoms. The van der Waals surface area contributed by atoms with Crippen molar-refractivity contribution in [1.29, 1.82) is 0 Å². The fourth-order valence-corrected chi connectivity index (χ4v) is 8.64. The second kappa shape index (κ2) is 17.6. The maximum atomic E-state index is 12.9. The van der Waals surface area contributed by atoms with E-state index >= 15 is 0 Å². The Balaban J connectivity index is 2.98. The van der Waals surface area contributed by atoms with Crippen molar-refractivity contribution >= 4 is 46.2 Å². The molecule has 1 aliphatic heterocycles. The fraction of sp³-hybridized carbons (Fsp3) is 0.810. The Kier molecular flexibility index (Phi) is 16.2. The number of aliphatic carboxylic acids is 2. The Bertz CT molecular complexity index is 976. The predicted molar refractivity (Wildman–Crippen MR) is 150 cm³/mol. The molecule has 0 aliphatic carbocycles. The minimum Gasteiger partial charge on any atom is -0.481 e. The van der Waals surface area contributed by atoms with Gasteiger partial charge >= 0.3 is 11.9 Å². The average Bonchev–Trinajstić information content (AvgIpc) is 2.92. The highest BCUT2D eigenvalue weighted by atomic mass is 31.2. The van der Waals surface area contributed by atoms with Gasteiger partial charge in [-0.3, -0.25) is 42.8 Å². The number of carbonyl (C=O) groups is 3. The zero-order valence-electron chi connectivity index (χ0n) is 22.5. The van der Waals surface area contributed by atoms with Gasteiger partial charge in [-0.25, -0.2) is 4.99 Å². The summed E-state index contributed by atoms with van der Waals surface area (Å²) in [5, 5.41) is 17.7. The summed E-state index contributed by atoms with van der Waals surface area (Å²) in [7, 11) is -11.6. The molecule has 0 saturated carbocycles. The number of nitrogens with two attached hydrogens (primary N) is 1. The molecule has 0 aromatic carbocycles. The summed E-state index contributed by atoms with van der Waals surface area (Å²) in [6.45, 7) is 1.50. The first-order valence-corrected chi connectivity index (χ1v) is 18.9. The lowest BCUT2D eigenvalue weighted by molar-refractivity contribution is -0.137. The number of aliphatic imine (C=N–C) groups is 1. The summed E-state index contributed by atoms with van der Waals surface area (Å²) >= 11 is 0. The van der Waals surface area contributed by atoms with Crippen LogP contribution in [0.3, 0.4) is 0 Å². The monoisotopic (exact) mass is 633 g/mol. The maximum absolute atomic E-state index is 12.9. The third-order valence-electron chi connectivity index (χ3n) is 6.02. The van der Waals surface area contributed by atoms with Crippen molar-refractivity contribution in [1.82, 2.24) is 14.7 Å². The Morgan fingerprint density at radius 3 is 1.30 bits per heavy atom. The molecule has 232 valence electrons. The zero-order valence-corrected chi connectivity index (χ0v) is 25.2. The topological polar surface area (TPSA) is 252 Å². The molecule has 1 rings (SSSR count). The lowest BCUT2D eigenvalue weighted by atomic mass is 10.4. The first kappa shape index (κ1) is 36.7. The lowest BCUT2D eigenvalue weighted by Gasteiger charge is -2.28. The first-order valence-electron chi connectivity index (χ1n) is 12.8. The van der Waals surface area contributed by atoms with Gasteiger partial charge in [-0.05, 0) is 13.0 Å². The Morgan fingerprint density at radius 1 is 0.675 bits per heavy atom. The third-order valence-corrected chi connectivity index (χ3v) is 11.3. The van der Waals surface area contributed by atoms with E-state index in [0.717, 1.165) is 0 Å². The molecule has 1 saturated heterocycles. The van der Waals surface area contributed by atoms with Gasteiger partial charge < -0.3 is 30.6 Å². The third kappa shape index (κ3) is 17.5. The van der Waals surface area contributed by atoms with Crippen molar-refractivity contribution in [2.45, 2.75) is 25.7 Å². The summed E-state index contributed by atoms with van der Waals surface area (Å²) in [5.74, 6) is -2.97. The van der Waals surface area contributed by atoms with Crippen LogP contribution < -0.4 is 5.73 Å².